The number of benzene rings is 1. The Kier molecular flexibility index (Phi) is 5.20. The summed E-state index contributed by atoms with van der Waals surface area (Å²) in [5, 5.41) is 0. The van der Waals surface area contributed by atoms with E-state index < -0.39 is 0 Å². The molecular formula is C15H22O2. The van der Waals surface area contributed by atoms with Crippen molar-refractivity contribution in [2.24, 2.45) is 5.92 Å². The first-order valence-electron chi connectivity index (χ1n) is 6.30. The molecule has 0 saturated heterocycles. The third kappa shape index (κ3) is 3.88. The highest BCUT2D eigenvalue weighted by Crippen LogP contribution is 2.25. The van der Waals surface area contributed by atoms with Gasteiger partial charge in [0, 0.05) is 5.92 Å². The highest BCUT2D eigenvalue weighted by atomic mass is 16.5. The van der Waals surface area contributed by atoms with Gasteiger partial charge >= 0.3 is 0 Å². The number of carbonyl (C=O) groups excluding carboxylic acids is 1. The molecule has 0 fully saturated rings. The van der Waals surface area contributed by atoms with E-state index in [2.05, 4.69) is 20.8 Å². The van der Waals surface area contributed by atoms with Crippen LogP contribution in [0.4, 0.5) is 0 Å². The van der Waals surface area contributed by atoms with Crippen molar-refractivity contribution in [3.05, 3.63) is 29.8 Å². The van der Waals surface area contributed by atoms with Crippen LogP contribution < -0.4 is 4.74 Å². The van der Waals surface area contributed by atoms with E-state index in [9.17, 15) is 4.79 Å². The van der Waals surface area contributed by atoms with Crippen molar-refractivity contribution in [1.82, 2.24) is 0 Å². The molecule has 0 bridgehead atoms. The summed E-state index contributed by atoms with van der Waals surface area (Å²) in [5.74, 6) is 1.20. The van der Waals surface area contributed by atoms with Gasteiger partial charge < -0.3 is 9.53 Å². The summed E-state index contributed by atoms with van der Waals surface area (Å²) >= 11 is 0. The van der Waals surface area contributed by atoms with Gasteiger partial charge in [0.25, 0.3) is 0 Å². The second kappa shape index (κ2) is 6.43. The Morgan fingerprint density at radius 3 is 2.24 bits per heavy atom. The van der Waals surface area contributed by atoms with Crippen LogP contribution in [0.2, 0.25) is 0 Å². The third-order valence-corrected chi connectivity index (χ3v) is 3.32. The Balaban J connectivity index is 2.70. The predicted molar refractivity (Wildman–Crippen MR) is 70.5 cm³/mol. The number of aldehydes is 1. The van der Waals surface area contributed by atoms with E-state index in [1.165, 1.54) is 5.56 Å². The Hall–Kier alpha value is -1.31. The van der Waals surface area contributed by atoms with E-state index in [4.69, 9.17) is 4.74 Å². The first kappa shape index (κ1) is 13.8. The third-order valence-electron chi connectivity index (χ3n) is 3.32. The van der Waals surface area contributed by atoms with Crippen LogP contribution in [-0.4, -0.2) is 12.4 Å². The van der Waals surface area contributed by atoms with E-state index in [0.29, 0.717) is 0 Å². The minimum absolute atomic E-state index is 0.0522. The lowest BCUT2D eigenvalue weighted by atomic mass is 9.90. The average Bonchev–Trinajstić information content (AvgIpc) is 2.37. The zero-order valence-corrected chi connectivity index (χ0v) is 11.1. The minimum atomic E-state index is 0.0522. The molecule has 0 radical (unpaired) electrons. The Morgan fingerprint density at radius 2 is 1.76 bits per heavy atom. The maximum absolute atomic E-state index is 10.7. The maximum atomic E-state index is 10.7. The van der Waals surface area contributed by atoms with Crippen molar-refractivity contribution in [2.45, 2.75) is 46.1 Å². The summed E-state index contributed by atoms with van der Waals surface area (Å²) in [5.41, 5.74) is 1.18. The fourth-order valence-corrected chi connectivity index (χ4v) is 1.59. The summed E-state index contributed by atoms with van der Waals surface area (Å²) in [7, 11) is 0. The van der Waals surface area contributed by atoms with Gasteiger partial charge in [0.15, 0.2) is 0 Å². The van der Waals surface area contributed by atoms with Crippen LogP contribution in [0.1, 0.15) is 45.6 Å². The van der Waals surface area contributed by atoms with Gasteiger partial charge in [-0.15, -0.1) is 0 Å². The zero-order valence-electron chi connectivity index (χ0n) is 11.1. The summed E-state index contributed by atoms with van der Waals surface area (Å²) in [6.45, 7) is 8.18. The van der Waals surface area contributed by atoms with Crippen LogP contribution in [0.15, 0.2) is 24.3 Å². The second-order valence-electron chi connectivity index (χ2n) is 4.69. The van der Waals surface area contributed by atoms with E-state index >= 15 is 0 Å². The number of carbonyl (C=O) groups is 1. The molecule has 1 aromatic rings. The molecule has 0 N–H and O–H groups in total. The first-order valence-corrected chi connectivity index (χ1v) is 6.30. The van der Waals surface area contributed by atoms with Crippen LogP contribution >= 0.6 is 0 Å². The summed E-state index contributed by atoms with van der Waals surface area (Å²) in [6.07, 6.45) is 2.25. The van der Waals surface area contributed by atoms with Crippen LogP contribution in [0.5, 0.6) is 5.75 Å². The molecule has 0 spiro atoms. The van der Waals surface area contributed by atoms with Crippen LogP contribution in [0, 0.1) is 5.92 Å². The quantitative estimate of drug-likeness (QED) is 0.700. The lowest BCUT2D eigenvalue weighted by Gasteiger charge is -2.16. The number of hydrogen-bond acceptors (Lipinski definition) is 2. The molecule has 0 aromatic heterocycles. The van der Waals surface area contributed by atoms with Gasteiger partial charge in [0.2, 0.25) is 0 Å². The maximum Gasteiger partial charge on any atom is 0.123 e. The van der Waals surface area contributed by atoms with Crippen molar-refractivity contribution in [3.63, 3.8) is 0 Å². The molecule has 0 heterocycles. The molecule has 0 aliphatic rings. The summed E-state index contributed by atoms with van der Waals surface area (Å²) < 4.78 is 5.72. The average molecular weight is 234 g/mol. The molecule has 2 heteroatoms. The highest BCUT2D eigenvalue weighted by molar-refractivity contribution is 5.55. The molecule has 0 aliphatic heterocycles. The van der Waals surface area contributed by atoms with Gasteiger partial charge in [-0.2, -0.15) is 0 Å². The normalized spacial score (nSPS) is 16.0. The predicted octanol–water partition coefficient (Wildman–Crippen LogP) is 3.80. The molecule has 0 saturated carbocycles. The van der Waals surface area contributed by atoms with E-state index in [0.717, 1.165) is 18.5 Å². The molecule has 1 aromatic carbocycles. The van der Waals surface area contributed by atoms with Crippen molar-refractivity contribution >= 4 is 6.29 Å². The fourth-order valence-electron chi connectivity index (χ4n) is 1.59. The first-order chi connectivity index (χ1) is 8.08. The van der Waals surface area contributed by atoms with Gasteiger partial charge in [-0.25, -0.2) is 0 Å². The summed E-state index contributed by atoms with van der Waals surface area (Å²) in [4.78, 5) is 10.7. The van der Waals surface area contributed by atoms with Gasteiger partial charge in [-0.1, -0.05) is 32.9 Å². The topological polar surface area (TPSA) is 26.3 Å². The highest BCUT2D eigenvalue weighted by Gasteiger charge is 2.13. The van der Waals surface area contributed by atoms with Crippen molar-refractivity contribution in [3.8, 4) is 5.75 Å². The molecule has 2 nitrogen and oxygen atoms in total. The second-order valence-corrected chi connectivity index (χ2v) is 4.69. The van der Waals surface area contributed by atoms with E-state index in [-0.39, 0.29) is 17.9 Å². The molecule has 94 valence electrons. The molecule has 3 unspecified atom stereocenters. The number of hydrogen-bond donors (Lipinski definition) is 0. The molecule has 0 amide bonds. The number of ether oxygens (including phenoxy) is 1. The zero-order chi connectivity index (χ0) is 12.8. The van der Waals surface area contributed by atoms with Crippen LogP contribution in [0.3, 0.4) is 0 Å². The fraction of sp³-hybridized carbons (Fsp3) is 0.533. The van der Waals surface area contributed by atoms with Gasteiger partial charge in [0.1, 0.15) is 12.0 Å². The SMILES string of the molecule is CCC(C)Oc1ccc(C(C)C(C)C=O)cc1. The Bertz CT molecular complexity index is 342. The van der Waals surface area contributed by atoms with Crippen molar-refractivity contribution < 1.29 is 9.53 Å². The van der Waals surface area contributed by atoms with Crippen molar-refractivity contribution in [1.29, 1.82) is 0 Å². The molecule has 3 atom stereocenters. The standard InChI is InChI=1S/C15H22O2/c1-5-12(3)17-15-8-6-14(7-9-15)13(4)11(2)10-16/h6-13H,5H2,1-4H3. The number of rotatable bonds is 6. The van der Waals surface area contributed by atoms with E-state index in [1.54, 1.807) is 0 Å². The monoisotopic (exact) mass is 234 g/mol. The molecule has 1 rings (SSSR count). The Morgan fingerprint density at radius 1 is 1.18 bits per heavy atom. The van der Waals surface area contributed by atoms with Crippen LogP contribution in [-0.2, 0) is 4.79 Å². The smallest absolute Gasteiger partial charge is 0.123 e. The summed E-state index contributed by atoms with van der Waals surface area (Å²) in [6, 6.07) is 8.05. The van der Waals surface area contributed by atoms with Crippen LogP contribution in [0.25, 0.3) is 0 Å². The lowest BCUT2D eigenvalue weighted by molar-refractivity contribution is -0.111. The van der Waals surface area contributed by atoms with Gasteiger partial charge in [0.05, 0.1) is 6.10 Å². The van der Waals surface area contributed by atoms with Gasteiger partial charge in [-0.3, -0.25) is 0 Å². The van der Waals surface area contributed by atoms with E-state index in [1.807, 2.05) is 31.2 Å². The van der Waals surface area contributed by atoms with Crippen molar-refractivity contribution in [2.75, 3.05) is 0 Å². The molecule has 0 aliphatic carbocycles. The molecule has 17 heavy (non-hydrogen) atoms. The molecular weight excluding hydrogens is 212 g/mol. The Labute approximate surface area is 104 Å². The van der Waals surface area contributed by atoms with Gasteiger partial charge in [-0.05, 0) is 37.0 Å². The lowest BCUT2D eigenvalue weighted by Crippen LogP contribution is -2.10. The minimum Gasteiger partial charge on any atom is -0.491 e. The largest absolute Gasteiger partial charge is 0.491 e.